The lowest BCUT2D eigenvalue weighted by Crippen LogP contribution is -2.37. The van der Waals surface area contributed by atoms with Crippen molar-refractivity contribution in [3.05, 3.63) is 0 Å². The van der Waals surface area contributed by atoms with Crippen molar-refractivity contribution in [3.63, 3.8) is 0 Å². The van der Waals surface area contributed by atoms with Gasteiger partial charge in [-0.25, -0.2) is 0 Å². The second kappa shape index (κ2) is 5.11. The van der Waals surface area contributed by atoms with Gasteiger partial charge in [0, 0.05) is 25.6 Å². The normalized spacial score (nSPS) is 22.6. The number of nitrogens with two attached hydrogens (primary N) is 1. The number of carbonyl (C=O) groups is 1. The van der Waals surface area contributed by atoms with Crippen LogP contribution in [0.3, 0.4) is 0 Å². The Morgan fingerprint density at radius 1 is 1.67 bits per heavy atom. The first-order valence-corrected chi connectivity index (χ1v) is 4.53. The summed E-state index contributed by atoms with van der Waals surface area (Å²) in [5, 5.41) is 6.15. The zero-order chi connectivity index (χ0) is 8.81. The first-order chi connectivity index (χ1) is 5.83. The van der Waals surface area contributed by atoms with Gasteiger partial charge in [-0.3, -0.25) is 4.79 Å². The Kier molecular flexibility index (Phi) is 4.04. The van der Waals surface area contributed by atoms with Crippen LogP contribution < -0.4 is 16.4 Å². The Morgan fingerprint density at radius 2 is 2.50 bits per heavy atom. The molecule has 1 rings (SSSR count). The van der Waals surface area contributed by atoms with Crippen LogP contribution in [0, 0.1) is 0 Å². The molecule has 4 N–H and O–H groups in total. The van der Waals surface area contributed by atoms with Gasteiger partial charge in [0.15, 0.2) is 0 Å². The summed E-state index contributed by atoms with van der Waals surface area (Å²) in [6.45, 7) is 2.26. The predicted molar refractivity (Wildman–Crippen MR) is 47.7 cm³/mol. The van der Waals surface area contributed by atoms with Gasteiger partial charge < -0.3 is 16.4 Å². The molecule has 0 aromatic carbocycles. The van der Waals surface area contributed by atoms with Crippen molar-refractivity contribution in [2.75, 3.05) is 19.6 Å². The molecule has 4 nitrogen and oxygen atoms in total. The molecule has 1 heterocycles. The number of rotatable bonds is 4. The molecule has 0 bridgehead atoms. The zero-order valence-corrected chi connectivity index (χ0v) is 7.31. The summed E-state index contributed by atoms with van der Waals surface area (Å²) in [4.78, 5) is 11.0. The SMILES string of the molecule is NCCC(=O)NCC1CCCN1. The van der Waals surface area contributed by atoms with Crippen LogP contribution in [0.25, 0.3) is 0 Å². The first-order valence-electron chi connectivity index (χ1n) is 4.53. The minimum Gasteiger partial charge on any atom is -0.354 e. The summed E-state index contributed by atoms with van der Waals surface area (Å²) >= 11 is 0. The lowest BCUT2D eigenvalue weighted by Gasteiger charge is -2.10. The Morgan fingerprint density at radius 3 is 3.08 bits per heavy atom. The molecule has 70 valence electrons. The van der Waals surface area contributed by atoms with E-state index in [4.69, 9.17) is 5.73 Å². The summed E-state index contributed by atoms with van der Waals surface area (Å²) in [5.74, 6) is 0.0613. The second-order valence-corrected chi connectivity index (χ2v) is 3.14. The van der Waals surface area contributed by atoms with Gasteiger partial charge in [-0.1, -0.05) is 0 Å². The van der Waals surface area contributed by atoms with Crippen LogP contribution in [0.4, 0.5) is 0 Å². The molecule has 4 heteroatoms. The molecule has 0 aliphatic carbocycles. The number of carbonyl (C=O) groups excluding carboxylic acids is 1. The molecular weight excluding hydrogens is 154 g/mol. The highest BCUT2D eigenvalue weighted by atomic mass is 16.1. The highest BCUT2D eigenvalue weighted by Gasteiger charge is 2.13. The third-order valence-corrected chi connectivity index (χ3v) is 2.08. The Labute approximate surface area is 72.9 Å². The van der Waals surface area contributed by atoms with Crippen molar-refractivity contribution in [1.29, 1.82) is 0 Å². The topological polar surface area (TPSA) is 67.2 Å². The van der Waals surface area contributed by atoms with Crippen LogP contribution in [0.15, 0.2) is 0 Å². The van der Waals surface area contributed by atoms with Crippen LogP contribution in [-0.4, -0.2) is 31.6 Å². The molecular formula is C8H17N3O. The van der Waals surface area contributed by atoms with Gasteiger partial charge in [0.05, 0.1) is 0 Å². The lowest BCUT2D eigenvalue weighted by atomic mass is 10.2. The summed E-state index contributed by atoms with van der Waals surface area (Å²) in [6.07, 6.45) is 2.83. The van der Waals surface area contributed by atoms with Gasteiger partial charge in [0.25, 0.3) is 0 Å². The van der Waals surface area contributed by atoms with Gasteiger partial charge in [0.1, 0.15) is 0 Å². The average Bonchev–Trinajstić information content (AvgIpc) is 2.53. The summed E-state index contributed by atoms with van der Waals surface area (Å²) < 4.78 is 0. The van der Waals surface area contributed by atoms with Crippen LogP contribution in [-0.2, 0) is 4.79 Å². The summed E-state index contributed by atoms with van der Waals surface area (Å²) in [6, 6.07) is 0.478. The van der Waals surface area contributed by atoms with Gasteiger partial charge in [-0.15, -0.1) is 0 Å². The minimum absolute atomic E-state index is 0.0613. The molecule has 1 amide bonds. The van der Waals surface area contributed by atoms with E-state index in [2.05, 4.69) is 10.6 Å². The van der Waals surface area contributed by atoms with E-state index < -0.39 is 0 Å². The van der Waals surface area contributed by atoms with Gasteiger partial charge in [-0.2, -0.15) is 0 Å². The molecule has 0 saturated carbocycles. The number of nitrogens with one attached hydrogen (secondary N) is 2. The predicted octanol–water partition coefficient (Wildman–Crippen LogP) is -0.797. The lowest BCUT2D eigenvalue weighted by molar-refractivity contribution is -0.120. The minimum atomic E-state index is 0.0613. The molecule has 0 aromatic heterocycles. The van der Waals surface area contributed by atoms with Gasteiger partial charge in [-0.05, 0) is 19.4 Å². The van der Waals surface area contributed by atoms with Gasteiger partial charge >= 0.3 is 0 Å². The zero-order valence-electron chi connectivity index (χ0n) is 7.31. The summed E-state index contributed by atoms with van der Waals surface area (Å²) in [7, 11) is 0. The Hall–Kier alpha value is -0.610. The molecule has 1 fully saturated rings. The third kappa shape index (κ3) is 3.19. The highest BCUT2D eigenvalue weighted by molar-refractivity contribution is 5.76. The molecule has 0 radical (unpaired) electrons. The van der Waals surface area contributed by atoms with E-state index in [9.17, 15) is 4.79 Å². The van der Waals surface area contributed by atoms with Crippen LogP contribution in [0.2, 0.25) is 0 Å². The maximum absolute atomic E-state index is 11.0. The highest BCUT2D eigenvalue weighted by Crippen LogP contribution is 2.02. The molecule has 0 spiro atoms. The smallest absolute Gasteiger partial charge is 0.221 e. The van der Waals surface area contributed by atoms with E-state index in [1.807, 2.05) is 0 Å². The molecule has 0 aromatic rings. The van der Waals surface area contributed by atoms with Crippen molar-refractivity contribution in [1.82, 2.24) is 10.6 Å². The van der Waals surface area contributed by atoms with E-state index >= 15 is 0 Å². The van der Waals surface area contributed by atoms with E-state index in [1.165, 1.54) is 12.8 Å². The fraction of sp³-hybridized carbons (Fsp3) is 0.875. The first kappa shape index (κ1) is 9.48. The van der Waals surface area contributed by atoms with Crippen molar-refractivity contribution >= 4 is 5.91 Å². The average molecular weight is 171 g/mol. The Balaban J connectivity index is 2.03. The molecule has 1 aliphatic rings. The molecule has 12 heavy (non-hydrogen) atoms. The third-order valence-electron chi connectivity index (χ3n) is 2.08. The molecule has 1 atom stereocenters. The number of hydrogen-bond donors (Lipinski definition) is 3. The van der Waals surface area contributed by atoms with Crippen molar-refractivity contribution in [3.8, 4) is 0 Å². The van der Waals surface area contributed by atoms with Crippen molar-refractivity contribution in [2.24, 2.45) is 5.73 Å². The fourth-order valence-electron chi connectivity index (χ4n) is 1.39. The standard InChI is InChI=1S/C8H17N3O/c9-4-3-8(12)11-6-7-2-1-5-10-7/h7,10H,1-6,9H2,(H,11,12). The molecule has 1 saturated heterocycles. The van der Waals surface area contributed by atoms with Crippen molar-refractivity contribution in [2.45, 2.75) is 25.3 Å². The van der Waals surface area contributed by atoms with E-state index in [1.54, 1.807) is 0 Å². The Bertz CT molecular complexity index is 143. The van der Waals surface area contributed by atoms with E-state index in [0.29, 0.717) is 19.0 Å². The van der Waals surface area contributed by atoms with Crippen LogP contribution in [0.5, 0.6) is 0 Å². The quantitative estimate of drug-likeness (QED) is 0.519. The summed E-state index contributed by atoms with van der Waals surface area (Å²) in [5.41, 5.74) is 5.24. The number of amides is 1. The molecule has 1 aliphatic heterocycles. The van der Waals surface area contributed by atoms with E-state index in [0.717, 1.165) is 13.1 Å². The molecule has 1 unspecified atom stereocenters. The number of hydrogen-bond acceptors (Lipinski definition) is 3. The second-order valence-electron chi connectivity index (χ2n) is 3.14. The van der Waals surface area contributed by atoms with Crippen LogP contribution >= 0.6 is 0 Å². The van der Waals surface area contributed by atoms with E-state index in [-0.39, 0.29) is 5.91 Å². The maximum Gasteiger partial charge on any atom is 0.221 e. The van der Waals surface area contributed by atoms with Gasteiger partial charge in [0.2, 0.25) is 5.91 Å². The van der Waals surface area contributed by atoms with Crippen LogP contribution in [0.1, 0.15) is 19.3 Å². The largest absolute Gasteiger partial charge is 0.354 e. The fourth-order valence-corrected chi connectivity index (χ4v) is 1.39. The van der Waals surface area contributed by atoms with Crippen molar-refractivity contribution < 1.29 is 4.79 Å². The monoisotopic (exact) mass is 171 g/mol. The maximum atomic E-state index is 11.0.